The van der Waals surface area contributed by atoms with Gasteiger partial charge in [0.05, 0.1) is 6.20 Å². The molecular formula is C16H19N3O7S. The summed E-state index contributed by atoms with van der Waals surface area (Å²) in [5, 5.41) is 20.8. The number of fused-ring (bicyclic) bond motifs is 1. The highest BCUT2D eigenvalue weighted by atomic mass is 32.2. The van der Waals surface area contributed by atoms with Crippen LogP contribution in [0.5, 0.6) is 5.75 Å². The standard InChI is InChI=1S/C16H19N3O7S/c1-15(2)11(12(23)24)19-13(25)16(26-3,14(19)27-15)17-10(22)7-18-5-4-8(20)9(21)6-18/h4-6,11,14,21H,7H2,1-3H3,(H,17,22)(H,23,24)/t11-,14+,16+/m0/s1. The number of aromatic nitrogens is 1. The van der Waals surface area contributed by atoms with E-state index in [0.29, 0.717) is 0 Å². The Morgan fingerprint density at radius 3 is 2.59 bits per heavy atom. The fourth-order valence-electron chi connectivity index (χ4n) is 3.41. The number of aromatic hydroxyl groups is 1. The number of carboxylic acid groups (broad SMARTS) is 1. The minimum atomic E-state index is -1.66. The molecule has 0 aromatic carbocycles. The lowest BCUT2D eigenvalue weighted by molar-refractivity contribution is -0.201. The molecule has 3 N–H and O–H groups in total. The summed E-state index contributed by atoms with van der Waals surface area (Å²) >= 11 is 1.24. The van der Waals surface area contributed by atoms with E-state index >= 15 is 0 Å². The average molecular weight is 397 g/mol. The van der Waals surface area contributed by atoms with Gasteiger partial charge in [0, 0.05) is 24.1 Å². The summed E-state index contributed by atoms with van der Waals surface area (Å²) in [6.45, 7) is 3.16. The molecule has 2 amide bonds. The van der Waals surface area contributed by atoms with E-state index in [1.807, 2.05) is 0 Å². The summed E-state index contributed by atoms with van der Waals surface area (Å²) in [4.78, 5) is 49.1. The van der Waals surface area contributed by atoms with Crippen molar-refractivity contribution in [1.29, 1.82) is 0 Å². The third-order valence-corrected chi connectivity index (χ3v) is 6.28. The number of carboxylic acids is 1. The lowest BCUT2D eigenvalue weighted by atomic mass is 9.93. The number of aliphatic carboxylic acids is 1. The van der Waals surface area contributed by atoms with Crippen LogP contribution in [0.2, 0.25) is 0 Å². The van der Waals surface area contributed by atoms with Crippen molar-refractivity contribution in [2.45, 2.75) is 42.3 Å². The normalized spacial score (nSPS) is 28.4. The Balaban J connectivity index is 1.80. The van der Waals surface area contributed by atoms with E-state index in [1.54, 1.807) is 13.8 Å². The Morgan fingerprint density at radius 2 is 2.04 bits per heavy atom. The first-order valence-corrected chi connectivity index (χ1v) is 8.90. The van der Waals surface area contributed by atoms with E-state index in [1.165, 1.54) is 34.5 Å². The molecule has 2 aliphatic heterocycles. The zero-order valence-corrected chi connectivity index (χ0v) is 15.6. The molecule has 0 bridgehead atoms. The number of carbonyl (C=O) groups excluding carboxylic acids is 2. The first-order valence-electron chi connectivity index (χ1n) is 8.02. The van der Waals surface area contributed by atoms with Crippen molar-refractivity contribution in [3.63, 3.8) is 0 Å². The van der Waals surface area contributed by atoms with Crippen LogP contribution in [0.1, 0.15) is 13.8 Å². The Labute approximate surface area is 158 Å². The Kier molecular flexibility index (Phi) is 4.47. The predicted octanol–water partition coefficient (Wildman–Crippen LogP) is -0.840. The fraction of sp³-hybridized carbons (Fsp3) is 0.500. The van der Waals surface area contributed by atoms with Gasteiger partial charge in [-0.1, -0.05) is 0 Å². The third-order valence-electron chi connectivity index (χ3n) is 4.67. The van der Waals surface area contributed by atoms with Crippen molar-refractivity contribution in [3.8, 4) is 5.75 Å². The second kappa shape index (κ2) is 6.27. The second-order valence-electron chi connectivity index (χ2n) is 6.88. The number of amides is 2. The summed E-state index contributed by atoms with van der Waals surface area (Å²) in [7, 11) is 1.27. The molecule has 2 saturated heterocycles. The van der Waals surface area contributed by atoms with Gasteiger partial charge in [-0.25, -0.2) is 4.79 Å². The van der Waals surface area contributed by atoms with Crippen molar-refractivity contribution in [1.82, 2.24) is 14.8 Å². The van der Waals surface area contributed by atoms with E-state index < -0.39 is 50.8 Å². The Morgan fingerprint density at radius 1 is 1.37 bits per heavy atom. The molecule has 0 saturated carbocycles. The zero-order chi connectivity index (χ0) is 20.1. The van der Waals surface area contributed by atoms with E-state index in [0.717, 1.165) is 12.3 Å². The van der Waals surface area contributed by atoms with Crippen LogP contribution in [0.4, 0.5) is 0 Å². The van der Waals surface area contributed by atoms with E-state index in [2.05, 4.69) is 5.32 Å². The number of rotatable bonds is 5. The van der Waals surface area contributed by atoms with E-state index in [-0.39, 0.29) is 6.54 Å². The molecule has 2 aliphatic rings. The van der Waals surface area contributed by atoms with Crippen molar-refractivity contribution >= 4 is 29.5 Å². The quantitative estimate of drug-likeness (QED) is 0.432. The molecule has 10 nitrogen and oxygen atoms in total. The maximum absolute atomic E-state index is 12.7. The van der Waals surface area contributed by atoms with Crippen molar-refractivity contribution in [2.75, 3.05) is 7.11 Å². The molecule has 11 heteroatoms. The number of pyridine rings is 1. The van der Waals surface area contributed by atoms with Gasteiger partial charge in [-0.15, -0.1) is 11.8 Å². The summed E-state index contributed by atoms with van der Waals surface area (Å²) in [6.07, 6.45) is 2.42. The van der Waals surface area contributed by atoms with Gasteiger partial charge in [-0.05, 0) is 13.8 Å². The maximum Gasteiger partial charge on any atom is 0.327 e. The van der Waals surface area contributed by atoms with Gasteiger partial charge in [0.2, 0.25) is 11.3 Å². The number of hydrogen-bond donors (Lipinski definition) is 3. The number of nitrogens with one attached hydrogen (secondary N) is 1. The number of nitrogens with zero attached hydrogens (tertiary/aromatic N) is 2. The van der Waals surface area contributed by atoms with Crippen LogP contribution in [-0.2, 0) is 25.7 Å². The lowest BCUT2D eigenvalue weighted by Crippen LogP contribution is -2.80. The van der Waals surface area contributed by atoms with Gasteiger partial charge < -0.3 is 29.7 Å². The average Bonchev–Trinajstić information content (AvgIpc) is 2.85. The summed E-state index contributed by atoms with van der Waals surface area (Å²) < 4.78 is 5.84. The number of β-lactam (4-membered cyclic amide) rings is 1. The molecule has 1 aromatic heterocycles. The van der Waals surface area contributed by atoms with Crippen LogP contribution in [0.25, 0.3) is 0 Å². The molecule has 3 rings (SSSR count). The van der Waals surface area contributed by atoms with Crippen LogP contribution in [0.3, 0.4) is 0 Å². The number of carbonyl (C=O) groups is 3. The predicted molar refractivity (Wildman–Crippen MR) is 94.0 cm³/mol. The first-order chi connectivity index (χ1) is 12.5. The molecule has 3 atom stereocenters. The molecule has 1 aromatic rings. The van der Waals surface area contributed by atoms with Gasteiger partial charge in [0.25, 0.3) is 11.6 Å². The van der Waals surface area contributed by atoms with Gasteiger partial charge in [-0.2, -0.15) is 0 Å². The highest BCUT2D eigenvalue weighted by Crippen LogP contribution is 2.55. The lowest BCUT2D eigenvalue weighted by Gasteiger charge is -2.51. The van der Waals surface area contributed by atoms with Gasteiger partial charge >= 0.3 is 5.97 Å². The maximum atomic E-state index is 12.7. The highest BCUT2D eigenvalue weighted by Gasteiger charge is 2.73. The molecule has 0 spiro atoms. The first kappa shape index (κ1) is 19.2. The number of hydrogen-bond acceptors (Lipinski definition) is 7. The molecular weight excluding hydrogens is 378 g/mol. The van der Waals surface area contributed by atoms with Gasteiger partial charge in [0.1, 0.15) is 18.0 Å². The highest BCUT2D eigenvalue weighted by molar-refractivity contribution is 8.01. The van der Waals surface area contributed by atoms with Crippen molar-refractivity contribution < 1.29 is 29.3 Å². The van der Waals surface area contributed by atoms with Crippen LogP contribution < -0.4 is 10.7 Å². The van der Waals surface area contributed by atoms with Gasteiger partial charge in [-0.3, -0.25) is 14.4 Å². The second-order valence-corrected chi connectivity index (χ2v) is 8.62. The fourth-order valence-corrected chi connectivity index (χ4v) is 5.08. The van der Waals surface area contributed by atoms with Crippen molar-refractivity contribution in [2.24, 2.45) is 0 Å². The number of methoxy groups -OCH3 is 1. The monoisotopic (exact) mass is 397 g/mol. The molecule has 146 valence electrons. The van der Waals surface area contributed by atoms with Crippen molar-refractivity contribution in [3.05, 3.63) is 28.7 Å². The minimum absolute atomic E-state index is 0.268. The summed E-state index contributed by atoms with van der Waals surface area (Å²) in [5.41, 5.74) is -2.24. The third kappa shape index (κ3) is 2.86. The molecule has 27 heavy (non-hydrogen) atoms. The minimum Gasteiger partial charge on any atom is -0.503 e. The zero-order valence-electron chi connectivity index (χ0n) is 14.8. The van der Waals surface area contributed by atoms with Crippen LogP contribution in [0.15, 0.2) is 23.3 Å². The van der Waals surface area contributed by atoms with Gasteiger partial charge in [0.15, 0.2) is 5.75 Å². The topological polar surface area (TPSA) is 138 Å². The largest absolute Gasteiger partial charge is 0.503 e. The number of ether oxygens (including phenoxy) is 1. The van der Waals surface area contributed by atoms with E-state index in [9.17, 15) is 29.4 Å². The van der Waals surface area contributed by atoms with Crippen LogP contribution >= 0.6 is 11.8 Å². The van der Waals surface area contributed by atoms with Crippen LogP contribution in [0, 0.1) is 0 Å². The SMILES string of the molecule is CO[C@]1(NC(=O)Cn2ccc(=O)c(O)c2)C(=O)N2[C@@H](C(=O)O)C(C)(C)S[C@@H]21. The molecule has 0 aliphatic carbocycles. The Bertz CT molecular complexity index is 883. The number of thioether (sulfide) groups is 1. The van der Waals surface area contributed by atoms with E-state index in [4.69, 9.17) is 4.74 Å². The smallest absolute Gasteiger partial charge is 0.327 e. The Hall–Kier alpha value is -2.53. The molecule has 3 heterocycles. The summed E-state index contributed by atoms with van der Waals surface area (Å²) in [6, 6.07) is 0.0775. The molecule has 2 fully saturated rings. The molecule has 0 radical (unpaired) electrons. The molecule has 0 unspecified atom stereocenters. The summed E-state index contributed by atoms with van der Waals surface area (Å²) in [5.74, 6) is -2.85. The van der Waals surface area contributed by atoms with Crippen LogP contribution in [-0.4, -0.2) is 66.5 Å².